The van der Waals surface area contributed by atoms with Crippen molar-refractivity contribution < 1.29 is 9.84 Å². The molecule has 0 bridgehead atoms. The number of hydrogen-bond acceptors (Lipinski definition) is 4. The number of nitrogens with one attached hydrogen (secondary N) is 1. The molecule has 2 N–H and O–H groups in total. The third-order valence-corrected chi connectivity index (χ3v) is 3.32. The van der Waals surface area contributed by atoms with Crippen LogP contribution in [0.5, 0.6) is 0 Å². The fourth-order valence-corrected chi connectivity index (χ4v) is 2.44. The first-order valence-electron chi connectivity index (χ1n) is 5.06. The predicted molar refractivity (Wildman–Crippen MR) is 63.4 cm³/mol. The molecule has 1 unspecified atom stereocenters. The van der Waals surface area contributed by atoms with Gasteiger partial charge < -0.3 is 15.2 Å². The van der Waals surface area contributed by atoms with Gasteiger partial charge in [0.25, 0.3) is 0 Å². The SMILES string of the molecule is COCC(CO)NCc1cc(C)sc1C. The van der Waals surface area contributed by atoms with Crippen LogP contribution in [0.2, 0.25) is 0 Å². The molecule has 0 saturated carbocycles. The van der Waals surface area contributed by atoms with E-state index in [9.17, 15) is 0 Å². The molecule has 0 fully saturated rings. The summed E-state index contributed by atoms with van der Waals surface area (Å²) in [6, 6.07) is 2.21. The van der Waals surface area contributed by atoms with Crippen molar-refractivity contribution in [2.24, 2.45) is 0 Å². The molecule has 1 atom stereocenters. The number of ether oxygens (including phenoxy) is 1. The lowest BCUT2D eigenvalue weighted by Crippen LogP contribution is -2.35. The van der Waals surface area contributed by atoms with Gasteiger partial charge in [0.15, 0.2) is 0 Å². The quantitative estimate of drug-likeness (QED) is 0.776. The van der Waals surface area contributed by atoms with Gasteiger partial charge in [0.2, 0.25) is 0 Å². The fraction of sp³-hybridized carbons (Fsp3) is 0.636. The maximum absolute atomic E-state index is 9.07. The Morgan fingerprint density at radius 3 is 2.73 bits per heavy atom. The normalized spacial score (nSPS) is 13.1. The van der Waals surface area contributed by atoms with Gasteiger partial charge in [0.05, 0.1) is 19.3 Å². The minimum atomic E-state index is 0.0228. The van der Waals surface area contributed by atoms with Crippen LogP contribution in [0.3, 0.4) is 0 Å². The molecule has 0 aliphatic carbocycles. The van der Waals surface area contributed by atoms with E-state index in [-0.39, 0.29) is 12.6 Å². The average molecular weight is 229 g/mol. The first kappa shape index (κ1) is 12.6. The van der Waals surface area contributed by atoms with Crippen molar-refractivity contribution in [3.63, 3.8) is 0 Å². The number of methoxy groups -OCH3 is 1. The van der Waals surface area contributed by atoms with Crippen LogP contribution >= 0.6 is 11.3 Å². The molecule has 1 aromatic rings. The number of aryl methyl sites for hydroxylation is 2. The van der Waals surface area contributed by atoms with Crippen LogP contribution in [-0.2, 0) is 11.3 Å². The standard InChI is InChI=1S/C11H19NO2S/c1-8-4-10(9(2)15-8)5-12-11(6-13)7-14-3/h4,11-13H,5-7H2,1-3H3. The van der Waals surface area contributed by atoms with E-state index in [0.29, 0.717) is 6.61 Å². The van der Waals surface area contributed by atoms with Crippen molar-refractivity contribution in [2.45, 2.75) is 26.4 Å². The molecular weight excluding hydrogens is 210 g/mol. The summed E-state index contributed by atoms with van der Waals surface area (Å²) in [6.45, 7) is 5.68. The Morgan fingerprint density at radius 1 is 1.53 bits per heavy atom. The monoisotopic (exact) mass is 229 g/mol. The third kappa shape index (κ3) is 3.91. The molecule has 0 amide bonds. The summed E-state index contributed by atoms with van der Waals surface area (Å²) < 4.78 is 5.00. The molecule has 0 saturated heterocycles. The zero-order valence-corrected chi connectivity index (χ0v) is 10.4. The largest absolute Gasteiger partial charge is 0.395 e. The molecule has 0 aliphatic rings. The molecule has 1 rings (SSSR count). The molecule has 0 radical (unpaired) electrons. The first-order chi connectivity index (χ1) is 7.17. The average Bonchev–Trinajstić information content (AvgIpc) is 2.52. The zero-order chi connectivity index (χ0) is 11.3. The molecule has 0 aromatic carbocycles. The maximum Gasteiger partial charge on any atom is 0.0638 e. The smallest absolute Gasteiger partial charge is 0.0638 e. The summed E-state index contributed by atoms with van der Waals surface area (Å²) in [5, 5.41) is 12.3. The predicted octanol–water partition coefficient (Wildman–Crippen LogP) is 1.46. The summed E-state index contributed by atoms with van der Waals surface area (Å²) in [5.41, 5.74) is 1.31. The van der Waals surface area contributed by atoms with Gasteiger partial charge in [-0.05, 0) is 25.5 Å². The van der Waals surface area contributed by atoms with E-state index in [1.807, 2.05) is 11.3 Å². The van der Waals surface area contributed by atoms with E-state index < -0.39 is 0 Å². The van der Waals surface area contributed by atoms with Gasteiger partial charge in [-0.1, -0.05) is 0 Å². The molecule has 86 valence electrons. The Balaban J connectivity index is 2.44. The van der Waals surface area contributed by atoms with E-state index in [0.717, 1.165) is 6.54 Å². The summed E-state index contributed by atoms with van der Waals surface area (Å²) in [6.07, 6.45) is 0. The van der Waals surface area contributed by atoms with Crippen molar-refractivity contribution in [2.75, 3.05) is 20.3 Å². The Hall–Kier alpha value is -0.420. The van der Waals surface area contributed by atoms with Gasteiger partial charge in [-0.3, -0.25) is 0 Å². The summed E-state index contributed by atoms with van der Waals surface area (Å²) >= 11 is 1.81. The lowest BCUT2D eigenvalue weighted by Gasteiger charge is -2.14. The highest BCUT2D eigenvalue weighted by Gasteiger charge is 2.08. The second-order valence-corrected chi connectivity index (χ2v) is 5.11. The lowest BCUT2D eigenvalue weighted by atomic mass is 10.2. The van der Waals surface area contributed by atoms with Crippen LogP contribution in [0.4, 0.5) is 0 Å². The summed E-state index contributed by atoms with van der Waals surface area (Å²) in [4.78, 5) is 2.67. The zero-order valence-electron chi connectivity index (χ0n) is 9.54. The summed E-state index contributed by atoms with van der Waals surface area (Å²) in [5.74, 6) is 0. The van der Waals surface area contributed by atoms with Gasteiger partial charge in [-0.2, -0.15) is 0 Å². The van der Waals surface area contributed by atoms with Crippen LogP contribution < -0.4 is 5.32 Å². The Kier molecular flexibility index (Phi) is 5.25. The van der Waals surface area contributed by atoms with Gasteiger partial charge in [-0.15, -0.1) is 11.3 Å². The minimum absolute atomic E-state index is 0.0228. The van der Waals surface area contributed by atoms with Gasteiger partial charge >= 0.3 is 0 Å². The lowest BCUT2D eigenvalue weighted by molar-refractivity contribution is 0.128. The molecular formula is C11H19NO2S. The van der Waals surface area contributed by atoms with Crippen molar-refractivity contribution >= 4 is 11.3 Å². The van der Waals surface area contributed by atoms with Gasteiger partial charge in [-0.25, -0.2) is 0 Å². The number of hydrogen-bond donors (Lipinski definition) is 2. The van der Waals surface area contributed by atoms with Crippen LogP contribution in [0.25, 0.3) is 0 Å². The minimum Gasteiger partial charge on any atom is -0.395 e. The highest BCUT2D eigenvalue weighted by atomic mass is 32.1. The Labute approximate surface area is 95.1 Å². The number of rotatable bonds is 6. The fourth-order valence-electron chi connectivity index (χ4n) is 1.49. The molecule has 4 heteroatoms. The topological polar surface area (TPSA) is 41.5 Å². The van der Waals surface area contributed by atoms with Crippen LogP contribution in [0.1, 0.15) is 15.3 Å². The Bertz CT molecular complexity index is 299. The van der Waals surface area contributed by atoms with E-state index in [4.69, 9.17) is 9.84 Å². The third-order valence-electron chi connectivity index (χ3n) is 2.31. The van der Waals surface area contributed by atoms with Gasteiger partial charge in [0.1, 0.15) is 0 Å². The van der Waals surface area contributed by atoms with Crippen LogP contribution in [-0.4, -0.2) is 31.5 Å². The summed E-state index contributed by atoms with van der Waals surface area (Å²) in [7, 11) is 1.64. The van der Waals surface area contributed by atoms with E-state index in [1.54, 1.807) is 7.11 Å². The second kappa shape index (κ2) is 6.23. The van der Waals surface area contributed by atoms with Crippen molar-refractivity contribution in [3.05, 3.63) is 21.4 Å². The molecule has 1 heterocycles. The molecule has 3 nitrogen and oxygen atoms in total. The van der Waals surface area contributed by atoms with E-state index in [2.05, 4.69) is 25.2 Å². The number of thiophene rings is 1. The van der Waals surface area contributed by atoms with Crippen molar-refractivity contribution in [1.82, 2.24) is 5.32 Å². The Morgan fingerprint density at radius 2 is 2.27 bits per heavy atom. The molecule has 0 aliphatic heterocycles. The molecule has 15 heavy (non-hydrogen) atoms. The highest BCUT2D eigenvalue weighted by Crippen LogP contribution is 2.20. The number of aliphatic hydroxyl groups excluding tert-OH is 1. The highest BCUT2D eigenvalue weighted by molar-refractivity contribution is 7.12. The number of aliphatic hydroxyl groups is 1. The maximum atomic E-state index is 9.07. The van der Waals surface area contributed by atoms with Gasteiger partial charge in [0, 0.05) is 23.4 Å². The molecule has 0 spiro atoms. The van der Waals surface area contributed by atoms with E-state index in [1.165, 1.54) is 15.3 Å². The first-order valence-corrected chi connectivity index (χ1v) is 5.88. The van der Waals surface area contributed by atoms with Crippen LogP contribution in [0, 0.1) is 13.8 Å². The van der Waals surface area contributed by atoms with Crippen molar-refractivity contribution in [1.29, 1.82) is 0 Å². The van der Waals surface area contributed by atoms with Crippen LogP contribution in [0.15, 0.2) is 6.07 Å². The van der Waals surface area contributed by atoms with Crippen molar-refractivity contribution in [3.8, 4) is 0 Å². The van der Waals surface area contributed by atoms with E-state index >= 15 is 0 Å². The second-order valence-electron chi connectivity index (χ2n) is 3.65. The molecule has 1 aromatic heterocycles.